The third-order valence-corrected chi connectivity index (χ3v) is 5.95. The third-order valence-electron chi connectivity index (χ3n) is 5.95. The van der Waals surface area contributed by atoms with Crippen LogP contribution in [0.3, 0.4) is 0 Å². The van der Waals surface area contributed by atoms with E-state index in [1.54, 1.807) is 32.2 Å². The van der Waals surface area contributed by atoms with Crippen molar-refractivity contribution >= 4 is 11.8 Å². The second-order valence-corrected chi connectivity index (χ2v) is 7.85. The van der Waals surface area contributed by atoms with Gasteiger partial charge < -0.3 is 24.4 Å². The predicted molar refractivity (Wildman–Crippen MR) is 109 cm³/mol. The topological polar surface area (TPSA) is 79.3 Å². The lowest BCUT2D eigenvalue weighted by atomic mass is 9.98. The minimum absolute atomic E-state index is 0.0276. The summed E-state index contributed by atoms with van der Waals surface area (Å²) in [5, 5.41) is 9.39. The van der Waals surface area contributed by atoms with Crippen LogP contribution in [-0.4, -0.2) is 72.2 Å². The lowest BCUT2D eigenvalue weighted by Crippen LogP contribution is -2.44. The molecule has 0 aliphatic carbocycles. The molecule has 1 unspecified atom stereocenters. The fraction of sp³-hybridized carbons (Fsp3) is 0.636. The number of likely N-dealkylation sites (tertiary alicyclic amines) is 2. The van der Waals surface area contributed by atoms with E-state index < -0.39 is 0 Å². The van der Waals surface area contributed by atoms with Gasteiger partial charge in [-0.25, -0.2) is 0 Å². The first-order valence-corrected chi connectivity index (χ1v) is 10.6. The molecule has 3 rings (SSSR count). The molecule has 2 saturated heterocycles. The normalized spacial score (nSPS) is 20.4. The van der Waals surface area contributed by atoms with Crippen LogP contribution in [0.5, 0.6) is 11.5 Å². The number of hydrogen-bond donors (Lipinski definition) is 1. The summed E-state index contributed by atoms with van der Waals surface area (Å²) in [6.07, 6.45) is 5.01. The van der Waals surface area contributed by atoms with Crippen LogP contribution in [0.1, 0.15) is 55.8 Å². The summed E-state index contributed by atoms with van der Waals surface area (Å²) in [5.74, 6) is 1.19. The number of rotatable bonds is 6. The van der Waals surface area contributed by atoms with Gasteiger partial charge in [-0.05, 0) is 43.9 Å². The van der Waals surface area contributed by atoms with Crippen molar-refractivity contribution in [3.63, 3.8) is 0 Å². The van der Waals surface area contributed by atoms with Gasteiger partial charge in [-0.15, -0.1) is 0 Å². The largest absolute Gasteiger partial charge is 0.497 e. The van der Waals surface area contributed by atoms with Crippen LogP contribution in [0, 0.1) is 0 Å². The molecule has 1 N–H and O–H groups in total. The summed E-state index contributed by atoms with van der Waals surface area (Å²) in [5.41, 5.74) is 0.503. The van der Waals surface area contributed by atoms with Gasteiger partial charge in [-0.2, -0.15) is 0 Å². The molecule has 2 fully saturated rings. The average Bonchev–Trinajstić information content (AvgIpc) is 2.74. The quantitative estimate of drug-likeness (QED) is 0.788. The summed E-state index contributed by atoms with van der Waals surface area (Å²) < 4.78 is 11.6. The number of amides is 2. The zero-order valence-corrected chi connectivity index (χ0v) is 17.4. The summed E-state index contributed by atoms with van der Waals surface area (Å²) in [4.78, 5) is 28.7. The number of piperidine rings is 2. The Hall–Kier alpha value is -2.28. The van der Waals surface area contributed by atoms with E-state index in [4.69, 9.17) is 9.47 Å². The highest BCUT2D eigenvalue weighted by atomic mass is 16.5. The lowest BCUT2D eigenvalue weighted by molar-refractivity contribution is -0.130. The number of carbonyl (C=O) groups excluding carboxylic acids is 2. The van der Waals surface area contributed by atoms with Crippen molar-refractivity contribution in [1.29, 1.82) is 0 Å². The number of carbonyl (C=O) groups is 2. The molecule has 0 radical (unpaired) electrons. The Morgan fingerprint density at radius 2 is 1.90 bits per heavy atom. The van der Waals surface area contributed by atoms with Crippen LogP contribution in [-0.2, 0) is 4.79 Å². The van der Waals surface area contributed by atoms with E-state index in [9.17, 15) is 14.7 Å². The molecule has 0 saturated carbocycles. The van der Waals surface area contributed by atoms with Crippen molar-refractivity contribution < 1.29 is 24.2 Å². The van der Waals surface area contributed by atoms with E-state index >= 15 is 0 Å². The molecule has 29 heavy (non-hydrogen) atoms. The highest BCUT2D eigenvalue weighted by Crippen LogP contribution is 2.31. The first-order valence-electron chi connectivity index (χ1n) is 10.6. The number of ether oxygens (including phenoxy) is 2. The van der Waals surface area contributed by atoms with Crippen molar-refractivity contribution in [2.45, 2.75) is 57.6 Å². The Labute approximate surface area is 172 Å². The average molecular weight is 405 g/mol. The molecule has 2 aliphatic rings. The predicted octanol–water partition coefficient (Wildman–Crippen LogP) is 2.46. The van der Waals surface area contributed by atoms with Gasteiger partial charge in [0, 0.05) is 52.0 Å². The summed E-state index contributed by atoms with van der Waals surface area (Å²) in [6.45, 7) is 3.69. The fourth-order valence-corrected chi connectivity index (χ4v) is 4.25. The number of hydrogen-bond acceptors (Lipinski definition) is 5. The minimum atomic E-state index is -0.0711. The molecule has 2 heterocycles. The second kappa shape index (κ2) is 9.96. The molecule has 1 aromatic rings. The molecule has 2 amide bonds. The molecule has 1 atom stereocenters. The molecule has 0 aromatic heterocycles. The Morgan fingerprint density at radius 1 is 1.14 bits per heavy atom. The van der Waals surface area contributed by atoms with Crippen molar-refractivity contribution in [2.24, 2.45) is 0 Å². The number of methoxy groups -OCH3 is 1. The van der Waals surface area contributed by atoms with Crippen LogP contribution >= 0.6 is 0 Å². The maximum Gasteiger partial charge on any atom is 0.258 e. The van der Waals surface area contributed by atoms with Crippen LogP contribution < -0.4 is 9.47 Å². The molecule has 1 aromatic carbocycles. The number of nitrogens with zero attached hydrogens (tertiary/aromatic N) is 2. The van der Waals surface area contributed by atoms with Crippen molar-refractivity contribution in [3.8, 4) is 11.5 Å². The lowest BCUT2D eigenvalue weighted by Gasteiger charge is -2.36. The van der Waals surface area contributed by atoms with E-state index in [1.165, 1.54) is 0 Å². The molecule has 2 aliphatic heterocycles. The zero-order valence-electron chi connectivity index (χ0n) is 17.4. The van der Waals surface area contributed by atoms with E-state index in [1.807, 2.05) is 9.80 Å². The Bertz CT molecular complexity index is 713. The molecular weight excluding hydrogens is 372 g/mol. The van der Waals surface area contributed by atoms with Gasteiger partial charge in [0.25, 0.3) is 5.91 Å². The van der Waals surface area contributed by atoms with Gasteiger partial charge in [0.2, 0.25) is 5.91 Å². The number of aliphatic hydroxyl groups excluding tert-OH is 1. The van der Waals surface area contributed by atoms with Crippen LogP contribution in [0.2, 0.25) is 0 Å². The highest BCUT2D eigenvalue weighted by molar-refractivity contribution is 5.97. The molecule has 7 heteroatoms. The van der Waals surface area contributed by atoms with E-state index in [-0.39, 0.29) is 30.6 Å². The van der Waals surface area contributed by atoms with Crippen LogP contribution in [0.25, 0.3) is 0 Å². The minimum Gasteiger partial charge on any atom is -0.497 e. The highest BCUT2D eigenvalue weighted by Gasteiger charge is 2.30. The van der Waals surface area contributed by atoms with Crippen LogP contribution in [0.15, 0.2) is 18.2 Å². The molecule has 0 bridgehead atoms. The zero-order chi connectivity index (χ0) is 20.8. The first kappa shape index (κ1) is 21.4. The smallest absolute Gasteiger partial charge is 0.258 e. The van der Waals surface area contributed by atoms with Crippen molar-refractivity contribution in [1.82, 2.24) is 9.80 Å². The van der Waals surface area contributed by atoms with Gasteiger partial charge in [0.15, 0.2) is 0 Å². The van der Waals surface area contributed by atoms with Crippen LogP contribution in [0.4, 0.5) is 0 Å². The SMILES string of the molecule is COc1ccc(OC2CCN(C(C)=O)CC2)c(C(=O)N2CCCCC2CCO)c1. The Kier molecular flexibility index (Phi) is 7.36. The number of aliphatic hydroxyl groups is 1. The molecule has 7 nitrogen and oxygen atoms in total. The van der Waals surface area contributed by atoms with E-state index in [0.717, 1.165) is 32.1 Å². The second-order valence-electron chi connectivity index (χ2n) is 7.85. The monoisotopic (exact) mass is 404 g/mol. The third kappa shape index (κ3) is 5.21. The standard InChI is InChI=1S/C22H32N2O5/c1-16(26)23-12-8-18(9-13-23)29-21-7-6-19(28-2)15-20(21)22(27)24-11-4-3-5-17(24)10-14-25/h6-7,15,17-18,25H,3-5,8-14H2,1-2H3. The van der Waals surface area contributed by atoms with E-state index in [0.29, 0.717) is 43.1 Å². The Balaban J connectivity index is 1.78. The van der Waals surface area contributed by atoms with E-state index in [2.05, 4.69) is 0 Å². The summed E-state index contributed by atoms with van der Waals surface area (Å²) >= 11 is 0. The van der Waals surface area contributed by atoms with Crippen molar-refractivity contribution in [3.05, 3.63) is 23.8 Å². The maximum absolute atomic E-state index is 13.4. The van der Waals surface area contributed by atoms with Crippen molar-refractivity contribution in [2.75, 3.05) is 33.4 Å². The van der Waals surface area contributed by atoms with Gasteiger partial charge in [-0.3, -0.25) is 9.59 Å². The first-order chi connectivity index (χ1) is 14.0. The molecule has 0 spiro atoms. The molecule has 160 valence electrons. The van der Waals surface area contributed by atoms with Gasteiger partial charge >= 0.3 is 0 Å². The van der Waals surface area contributed by atoms with Gasteiger partial charge in [-0.1, -0.05) is 0 Å². The fourth-order valence-electron chi connectivity index (χ4n) is 4.25. The van der Waals surface area contributed by atoms with Gasteiger partial charge in [0.05, 0.1) is 12.7 Å². The maximum atomic E-state index is 13.4. The molecular formula is C22H32N2O5. The summed E-state index contributed by atoms with van der Waals surface area (Å²) in [6, 6.07) is 5.40. The number of benzene rings is 1. The summed E-state index contributed by atoms with van der Waals surface area (Å²) in [7, 11) is 1.58. The van der Waals surface area contributed by atoms with Gasteiger partial charge in [0.1, 0.15) is 17.6 Å². The Morgan fingerprint density at radius 3 is 2.55 bits per heavy atom.